The van der Waals surface area contributed by atoms with E-state index in [1.807, 2.05) is 11.0 Å². The highest BCUT2D eigenvalue weighted by molar-refractivity contribution is 5.73. The third kappa shape index (κ3) is 4.82. The van der Waals surface area contributed by atoms with E-state index >= 15 is 0 Å². The summed E-state index contributed by atoms with van der Waals surface area (Å²) in [5.41, 5.74) is 2.76. The first-order valence-electron chi connectivity index (χ1n) is 12.2. The van der Waals surface area contributed by atoms with E-state index in [2.05, 4.69) is 49.4 Å². The van der Waals surface area contributed by atoms with Gasteiger partial charge in [0.15, 0.2) is 0 Å². The molecule has 8 nitrogen and oxygen atoms in total. The molecule has 33 heavy (non-hydrogen) atoms. The molecule has 2 fully saturated rings. The zero-order valence-corrected chi connectivity index (χ0v) is 19.4. The molecular formula is C25H34N6O2. The lowest BCUT2D eigenvalue weighted by molar-refractivity contribution is -0.129. The van der Waals surface area contributed by atoms with Crippen LogP contribution in [0.2, 0.25) is 0 Å². The van der Waals surface area contributed by atoms with Crippen LogP contribution in [0.1, 0.15) is 43.7 Å². The molecule has 1 aromatic heterocycles. The summed E-state index contributed by atoms with van der Waals surface area (Å²) in [7, 11) is 0. The smallest absolute Gasteiger partial charge is 0.219 e. The maximum absolute atomic E-state index is 11.6. The highest BCUT2D eigenvalue weighted by atomic mass is 16.3. The van der Waals surface area contributed by atoms with Crippen molar-refractivity contribution >= 4 is 17.5 Å². The van der Waals surface area contributed by atoms with E-state index < -0.39 is 6.10 Å². The van der Waals surface area contributed by atoms with Crippen molar-refractivity contribution in [2.24, 2.45) is 0 Å². The van der Waals surface area contributed by atoms with E-state index in [0.29, 0.717) is 6.04 Å². The maximum atomic E-state index is 11.6. The van der Waals surface area contributed by atoms with E-state index in [9.17, 15) is 9.90 Å². The molecule has 0 spiro atoms. The molecule has 8 heteroatoms. The van der Waals surface area contributed by atoms with Gasteiger partial charge in [0.2, 0.25) is 5.91 Å². The van der Waals surface area contributed by atoms with Gasteiger partial charge in [0.25, 0.3) is 0 Å². The van der Waals surface area contributed by atoms with Crippen molar-refractivity contribution in [2.75, 3.05) is 36.4 Å². The minimum Gasteiger partial charge on any atom is -0.390 e. The first kappa shape index (κ1) is 22.1. The molecule has 0 unspecified atom stereocenters. The highest BCUT2D eigenvalue weighted by Gasteiger charge is 2.37. The average molecular weight is 451 g/mol. The Bertz CT molecular complexity index is 977. The lowest BCUT2D eigenvalue weighted by Gasteiger charge is -2.47. The predicted octanol–water partition coefficient (Wildman–Crippen LogP) is 2.24. The van der Waals surface area contributed by atoms with Crippen LogP contribution in [0.5, 0.6) is 0 Å². The molecule has 5 rings (SSSR count). The number of fused-ring (bicyclic) bond motifs is 1. The number of carbonyl (C=O) groups excluding carboxylic acids is 1. The van der Waals surface area contributed by atoms with Crippen LogP contribution >= 0.6 is 0 Å². The Morgan fingerprint density at radius 1 is 1.06 bits per heavy atom. The Balaban J connectivity index is 1.31. The summed E-state index contributed by atoms with van der Waals surface area (Å²) in [6.07, 6.45) is 5.70. The number of piperidine rings is 2. The minimum atomic E-state index is -0.411. The maximum Gasteiger partial charge on any atom is 0.219 e. The quantitative estimate of drug-likeness (QED) is 0.739. The number of likely N-dealkylation sites (tertiary alicyclic amines) is 1. The van der Waals surface area contributed by atoms with E-state index in [1.165, 1.54) is 11.1 Å². The minimum absolute atomic E-state index is 0.0892. The number of carbonyl (C=O) groups is 1. The molecule has 4 heterocycles. The van der Waals surface area contributed by atoms with Crippen LogP contribution < -0.4 is 10.2 Å². The SMILES string of the molecule is CC(=O)N1CCC(Nc2cc(N3CCC[C@@H](O)[C@@H]3N3CCc4ccccc4C3)ncn2)CC1. The van der Waals surface area contributed by atoms with Gasteiger partial charge in [-0.25, -0.2) is 9.97 Å². The molecule has 1 amide bonds. The van der Waals surface area contributed by atoms with Gasteiger partial charge in [0.05, 0.1) is 6.10 Å². The number of hydrogen-bond donors (Lipinski definition) is 2. The molecule has 2 aromatic rings. The van der Waals surface area contributed by atoms with Crippen LogP contribution in [0.25, 0.3) is 0 Å². The largest absolute Gasteiger partial charge is 0.390 e. The Labute approximate surface area is 195 Å². The lowest BCUT2D eigenvalue weighted by atomic mass is 9.96. The summed E-state index contributed by atoms with van der Waals surface area (Å²) in [6.45, 7) is 5.84. The fourth-order valence-electron chi connectivity index (χ4n) is 5.52. The van der Waals surface area contributed by atoms with Gasteiger partial charge < -0.3 is 20.2 Å². The second-order valence-electron chi connectivity index (χ2n) is 9.49. The molecule has 0 saturated carbocycles. The second kappa shape index (κ2) is 9.65. The topological polar surface area (TPSA) is 84.8 Å². The van der Waals surface area contributed by atoms with Gasteiger partial charge >= 0.3 is 0 Å². The van der Waals surface area contributed by atoms with Crippen LogP contribution in [-0.2, 0) is 17.8 Å². The van der Waals surface area contributed by atoms with Crippen LogP contribution in [0.15, 0.2) is 36.7 Å². The van der Waals surface area contributed by atoms with Crippen LogP contribution in [0.4, 0.5) is 11.6 Å². The number of nitrogens with zero attached hydrogens (tertiary/aromatic N) is 5. The Hall–Kier alpha value is -2.71. The monoisotopic (exact) mass is 450 g/mol. The number of aliphatic hydroxyl groups is 1. The number of aromatic nitrogens is 2. The van der Waals surface area contributed by atoms with E-state index in [-0.39, 0.29) is 12.1 Å². The highest BCUT2D eigenvalue weighted by Crippen LogP contribution is 2.30. The third-order valence-corrected chi connectivity index (χ3v) is 7.34. The van der Waals surface area contributed by atoms with Gasteiger partial charge in [-0.1, -0.05) is 24.3 Å². The standard InChI is InChI=1S/C25H34N6O2/c1-18(32)29-13-9-21(10-14-29)28-23-15-24(27-17-26-23)31-11-4-7-22(33)25(31)30-12-8-19-5-2-3-6-20(19)16-30/h2-3,5-6,15,17,21-22,25,33H,4,7-14,16H2,1H3,(H,26,27,28)/t22-,25-/m1/s1. The molecule has 2 saturated heterocycles. The summed E-state index contributed by atoms with van der Waals surface area (Å²) >= 11 is 0. The number of amides is 1. The molecular weight excluding hydrogens is 416 g/mol. The number of anilines is 2. The van der Waals surface area contributed by atoms with E-state index in [0.717, 1.165) is 76.5 Å². The van der Waals surface area contributed by atoms with Gasteiger partial charge in [0.1, 0.15) is 24.1 Å². The number of aliphatic hydroxyl groups excluding tert-OH is 1. The fraction of sp³-hybridized carbons (Fsp3) is 0.560. The van der Waals surface area contributed by atoms with Crippen molar-refractivity contribution in [1.82, 2.24) is 19.8 Å². The molecule has 3 aliphatic heterocycles. The molecule has 3 aliphatic rings. The van der Waals surface area contributed by atoms with Crippen molar-refractivity contribution < 1.29 is 9.90 Å². The lowest BCUT2D eigenvalue weighted by Crippen LogP contribution is -2.59. The van der Waals surface area contributed by atoms with Crippen molar-refractivity contribution in [3.63, 3.8) is 0 Å². The van der Waals surface area contributed by atoms with E-state index in [1.54, 1.807) is 13.3 Å². The molecule has 2 N–H and O–H groups in total. The van der Waals surface area contributed by atoms with Crippen molar-refractivity contribution in [1.29, 1.82) is 0 Å². The number of benzene rings is 1. The van der Waals surface area contributed by atoms with Crippen LogP contribution in [0, 0.1) is 0 Å². The van der Waals surface area contributed by atoms with Crippen molar-refractivity contribution in [2.45, 2.75) is 63.9 Å². The van der Waals surface area contributed by atoms with Crippen LogP contribution in [-0.4, -0.2) is 75.3 Å². The predicted molar refractivity (Wildman–Crippen MR) is 128 cm³/mol. The Kier molecular flexibility index (Phi) is 6.46. The summed E-state index contributed by atoms with van der Waals surface area (Å²) in [4.78, 5) is 27.2. The van der Waals surface area contributed by atoms with Crippen molar-refractivity contribution in [3.05, 3.63) is 47.8 Å². The van der Waals surface area contributed by atoms with Crippen LogP contribution in [0.3, 0.4) is 0 Å². The fourth-order valence-corrected chi connectivity index (χ4v) is 5.52. The Morgan fingerprint density at radius 3 is 2.64 bits per heavy atom. The first-order valence-corrected chi connectivity index (χ1v) is 12.2. The molecule has 176 valence electrons. The molecule has 0 radical (unpaired) electrons. The molecule has 1 aromatic carbocycles. The summed E-state index contributed by atoms with van der Waals surface area (Å²) < 4.78 is 0. The van der Waals surface area contributed by atoms with E-state index in [4.69, 9.17) is 0 Å². The van der Waals surface area contributed by atoms with Gasteiger partial charge in [-0.05, 0) is 43.2 Å². The average Bonchev–Trinajstić information content (AvgIpc) is 2.84. The zero-order chi connectivity index (χ0) is 22.8. The van der Waals surface area contributed by atoms with Gasteiger partial charge in [0, 0.05) is 51.8 Å². The summed E-state index contributed by atoms with van der Waals surface area (Å²) in [6, 6.07) is 10.9. The van der Waals surface area contributed by atoms with Gasteiger partial charge in [-0.3, -0.25) is 9.69 Å². The Morgan fingerprint density at radius 2 is 1.85 bits per heavy atom. The van der Waals surface area contributed by atoms with Gasteiger partial charge in [-0.15, -0.1) is 0 Å². The summed E-state index contributed by atoms with van der Waals surface area (Å²) in [5, 5.41) is 14.6. The summed E-state index contributed by atoms with van der Waals surface area (Å²) in [5.74, 6) is 1.81. The first-order chi connectivity index (χ1) is 16.1. The van der Waals surface area contributed by atoms with Crippen molar-refractivity contribution in [3.8, 4) is 0 Å². The zero-order valence-electron chi connectivity index (χ0n) is 19.4. The number of nitrogens with one attached hydrogen (secondary N) is 1. The molecule has 0 bridgehead atoms. The normalized spacial score (nSPS) is 24.4. The number of hydrogen-bond acceptors (Lipinski definition) is 7. The second-order valence-corrected chi connectivity index (χ2v) is 9.49. The molecule has 0 aliphatic carbocycles. The number of rotatable bonds is 4. The third-order valence-electron chi connectivity index (χ3n) is 7.34. The van der Waals surface area contributed by atoms with Gasteiger partial charge in [-0.2, -0.15) is 0 Å². The molecule has 2 atom stereocenters.